The average molecular weight is 148 g/mol. The Labute approximate surface area is 59.9 Å². The number of hydrogen-bond donors (Lipinski definition) is 2. The summed E-state index contributed by atoms with van der Waals surface area (Å²) in [4.78, 5) is 2.04. The Morgan fingerprint density at radius 2 is 2.00 bits per heavy atom. The molecular weight excluding hydrogens is 140 g/mol. The molecule has 0 unspecified atom stereocenters. The smallest absolute Gasteiger partial charge is 0.0780 e. The largest absolute Gasteiger partial charge is 0.376 e. The van der Waals surface area contributed by atoms with Gasteiger partial charge in [0.05, 0.1) is 13.2 Å². The molecule has 1 nitrogen and oxygen atoms in total. The summed E-state index contributed by atoms with van der Waals surface area (Å²) in [6.45, 7) is 1.44. The topological polar surface area (TPSA) is 9.23 Å². The molecule has 0 N–H and O–H groups in total. The molecule has 46 valence electrons. The van der Waals surface area contributed by atoms with Crippen LogP contribution < -0.4 is 0 Å². The maximum atomic E-state index is 5.07. The SMILES string of the molecule is SC1=C(S)COCC1. The van der Waals surface area contributed by atoms with Crippen molar-refractivity contribution in [2.24, 2.45) is 0 Å². The van der Waals surface area contributed by atoms with Gasteiger partial charge in [-0.05, 0) is 4.91 Å². The molecule has 0 radical (unpaired) electrons. The lowest BCUT2D eigenvalue weighted by atomic mass is 10.3. The minimum atomic E-state index is 0.641. The van der Waals surface area contributed by atoms with Crippen LogP contribution >= 0.6 is 25.3 Å². The zero-order chi connectivity index (χ0) is 5.98. The van der Waals surface area contributed by atoms with E-state index in [1.54, 1.807) is 0 Å². The number of ether oxygens (including phenoxy) is 1. The summed E-state index contributed by atoms with van der Waals surface area (Å²) in [5, 5.41) is 0. The van der Waals surface area contributed by atoms with E-state index in [4.69, 9.17) is 4.74 Å². The van der Waals surface area contributed by atoms with Crippen LogP contribution in [0.5, 0.6) is 0 Å². The zero-order valence-corrected chi connectivity index (χ0v) is 6.21. The summed E-state index contributed by atoms with van der Waals surface area (Å²) in [5.41, 5.74) is 0. The van der Waals surface area contributed by atoms with E-state index in [0.717, 1.165) is 22.8 Å². The average Bonchev–Trinajstić information content (AvgIpc) is 1.77. The lowest BCUT2D eigenvalue weighted by molar-refractivity contribution is 0.155. The van der Waals surface area contributed by atoms with Crippen LogP contribution in [0.3, 0.4) is 0 Å². The van der Waals surface area contributed by atoms with Crippen molar-refractivity contribution >= 4 is 25.3 Å². The van der Waals surface area contributed by atoms with Gasteiger partial charge in [-0.25, -0.2) is 0 Å². The van der Waals surface area contributed by atoms with Crippen LogP contribution in [0.4, 0.5) is 0 Å². The summed E-state index contributed by atoms with van der Waals surface area (Å²) >= 11 is 8.31. The van der Waals surface area contributed by atoms with Crippen molar-refractivity contribution in [3.63, 3.8) is 0 Å². The lowest BCUT2D eigenvalue weighted by Gasteiger charge is -2.12. The van der Waals surface area contributed by atoms with Gasteiger partial charge in [-0.1, -0.05) is 0 Å². The van der Waals surface area contributed by atoms with E-state index in [-0.39, 0.29) is 0 Å². The highest BCUT2D eigenvalue weighted by atomic mass is 32.1. The maximum Gasteiger partial charge on any atom is 0.0780 e. The van der Waals surface area contributed by atoms with Crippen LogP contribution in [0, 0.1) is 0 Å². The molecule has 0 saturated heterocycles. The van der Waals surface area contributed by atoms with Gasteiger partial charge in [0.2, 0.25) is 0 Å². The molecule has 0 aromatic rings. The molecule has 1 aliphatic rings. The molecule has 0 amide bonds. The summed E-state index contributed by atoms with van der Waals surface area (Å²) < 4.78 is 5.07. The summed E-state index contributed by atoms with van der Waals surface area (Å²) in [6.07, 6.45) is 0.919. The lowest BCUT2D eigenvalue weighted by Crippen LogP contribution is -2.04. The fourth-order valence-electron chi connectivity index (χ4n) is 0.565. The molecule has 0 aliphatic carbocycles. The van der Waals surface area contributed by atoms with Crippen molar-refractivity contribution in [3.8, 4) is 0 Å². The highest BCUT2D eigenvalue weighted by Gasteiger charge is 2.04. The molecule has 0 spiro atoms. The third-order valence-corrected chi connectivity index (χ3v) is 2.12. The zero-order valence-electron chi connectivity index (χ0n) is 4.42. The fourth-order valence-corrected chi connectivity index (χ4v) is 0.924. The first-order valence-corrected chi connectivity index (χ1v) is 3.38. The van der Waals surface area contributed by atoms with Gasteiger partial charge in [0.1, 0.15) is 0 Å². The number of hydrogen-bond acceptors (Lipinski definition) is 3. The third-order valence-electron chi connectivity index (χ3n) is 1.06. The van der Waals surface area contributed by atoms with Gasteiger partial charge in [0.15, 0.2) is 0 Å². The molecule has 0 atom stereocenters. The normalized spacial score (nSPS) is 21.8. The van der Waals surface area contributed by atoms with Gasteiger partial charge in [-0.3, -0.25) is 0 Å². The predicted molar refractivity (Wildman–Crippen MR) is 40.4 cm³/mol. The van der Waals surface area contributed by atoms with E-state index in [0.29, 0.717) is 6.61 Å². The minimum absolute atomic E-state index is 0.641. The second-order valence-electron chi connectivity index (χ2n) is 1.70. The van der Waals surface area contributed by atoms with E-state index in [1.807, 2.05) is 0 Å². The molecule has 1 aliphatic heterocycles. The summed E-state index contributed by atoms with van der Waals surface area (Å²) in [6, 6.07) is 0. The predicted octanol–water partition coefficient (Wildman–Crippen LogP) is 1.48. The number of rotatable bonds is 0. The molecule has 0 bridgehead atoms. The van der Waals surface area contributed by atoms with Crippen LogP contribution in [-0.2, 0) is 4.74 Å². The van der Waals surface area contributed by atoms with Gasteiger partial charge in [-0.15, -0.1) is 25.3 Å². The van der Waals surface area contributed by atoms with Crippen LogP contribution in [0.25, 0.3) is 0 Å². The van der Waals surface area contributed by atoms with Crippen molar-refractivity contribution in [1.29, 1.82) is 0 Å². The second kappa shape index (κ2) is 2.80. The van der Waals surface area contributed by atoms with Crippen LogP contribution in [-0.4, -0.2) is 13.2 Å². The van der Waals surface area contributed by atoms with Gasteiger partial charge in [0.25, 0.3) is 0 Å². The van der Waals surface area contributed by atoms with E-state index >= 15 is 0 Å². The van der Waals surface area contributed by atoms with Crippen LogP contribution in [0.1, 0.15) is 6.42 Å². The Morgan fingerprint density at radius 1 is 1.25 bits per heavy atom. The van der Waals surface area contributed by atoms with E-state index in [1.165, 1.54) is 0 Å². The number of thiol groups is 2. The maximum absolute atomic E-state index is 5.07. The van der Waals surface area contributed by atoms with Crippen molar-refractivity contribution in [3.05, 3.63) is 9.81 Å². The molecule has 0 saturated carbocycles. The molecule has 1 heterocycles. The minimum Gasteiger partial charge on any atom is -0.376 e. The Kier molecular flexibility index (Phi) is 2.28. The first kappa shape index (κ1) is 6.52. The quantitative estimate of drug-likeness (QED) is 0.495. The standard InChI is InChI=1S/C5H8OS2/c7-4-1-2-6-3-5(4)8/h7-8H,1-3H2. The fraction of sp³-hybridized carbons (Fsp3) is 0.600. The molecule has 1 rings (SSSR count). The van der Waals surface area contributed by atoms with E-state index < -0.39 is 0 Å². The van der Waals surface area contributed by atoms with Crippen molar-refractivity contribution in [2.45, 2.75) is 6.42 Å². The molecule has 3 heteroatoms. The third kappa shape index (κ3) is 1.44. The van der Waals surface area contributed by atoms with E-state index in [9.17, 15) is 0 Å². The van der Waals surface area contributed by atoms with Gasteiger partial charge in [-0.2, -0.15) is 0 Å². The van der Waals surface area contributed by atoms with Crippen molar-refractivity contribution in [2.75, 3.05) is 13.2 Å². The first-order valence-electron chi connectivity index (χ1n) is 2.48. The second-order valence-corrected chi connectivity index (χ2v) is 2.78. The molecular formula is C5H8OS2. The molecule has 0 aromatic carbocycles. The Hall–Kier alpha value is 0.400. The van der Waals surface area contributed by atoms with E-state index in [2.05, 4.69) is 25.3 Å². The van der Waals surface area contributed by atoms with Gasteiger partial charge < -0.3 is 4.74 Å². The molecule has 0 aromatic heterocycles. The Bertz CT molecular complexity index is 106. The highest BCUT2D eigenvalue weighted by Crippen LogP contribution is 2.20. The highest BCUT2D eigenvalue weighted by molar-refractivity contribution is 7.88. The Morgan fingerprint density at radius 3 is 2.38 bits per heavy atom. The Balaban J connectivity index is 2.60. The summed E-state index contributed by atoms with van der Waals surface area (Å²) in [5.74, 6) is 0. The summed E-state index contributed by atoms with van der Waals surface area (Å²) in [7, 11) is 0. The van der Waals surface area contributed by atoms with Crippen molar-refractivity contribution < 1.29 is 4.74 Å². The van der Waals surface area contributed by atoms with Gasteiger partial charge in [0, 0.05) is 11.3 Å². The van der Waals surface area contributed by atoms with Crippen molar-refractivity contribution in [1.82, 2.24) is 0 Å². The molecule has 0 fully saturated rings. The monoisotopic (exact) mass is 148 g/mol. The van der Waals surface area contributed by atoms with Crippen LogP contribution in [0.2, 0.25) is 0 Å². The first-order chi connectivity index (χ1) is 3.80. The van der Waals surface area contributed by atoms with Crippen LogP contribution in [0.15, 0.2) is 9.81 Å². The van der Waals surface area contributed by atoms with Gasteiger partial charge >= 0.3 is 0 Å². The molecule has 8 heavy (non-hydrogen) atoms.